The van der Waals surface area contributed by atoms with Gasteiger partial charge in [-0.2, -0.15) is 0 Å². The third-order valence-electron chi connectivity index (χ3n) is 2.30. The number of aryl methyl sites for hydroxylation is 1. The molecule has 0 fully saturated rings. The highest BCUT2D eigenvalue weighted by molar-refractivity contribution is 9.10. The fraction of sp³-hybridized carbons (Fsp3) is 0.417. The van der Waals surface area contributed by atoms with E-state index in [1.807, 2.05) is 6.07 Å². The van der Waals surface area contributed by atoms with Gasteiger partial charge in [0.05, 0.1) is 0 Å². The normalized spacial score (nSPS) is 10.4. The Bertz CT molecular complexity index is 366. The number of hydrogen-bond acceptors (Lipinski definition) is 2. The molecule has 0 spiro atoms. The summed E-state index contributed by atoms with van der Waals surface area (Å²) in [6.45, 7) is 3.58. The van der Waals surface area contributed by atoms with Crippen LogP contribution in [0.2, 0.25) is 0 Å². The fourth-order valence-electron chi connectivity index (χ4n) is 1.41. The highest BCUT2D eigenvalue weighted by atomic mass is 79.9. The Morgan fingerprint density at radius 3 is 2.88 bits per heavy atom. The van der Waals surface area contributed by atoms with Crippen LogP contribution < -0.4 is 5.32 Å². The predicted octanol–water partition coefficient (Wildman–Crippen LogP) is 2.71. The summed E-state index contributed by atoms with van der Waals surface area (Å²) in [6.07, 6.45) is 0.900. The summed E-state index contributed by atoms with van der Waals surface area (Å²) in [5.74, 6) is -0.735. The van der Waals surface area contributed by atoms with Crippen molar-refractivity contribution in [1.29, 1.82) is 0 Å². The van der Waals surface area contributed by atoms with E-state index < -0.39 is 5.97 Å². The lowest BCUT2D eigenvalue weighted by Crippen LogP contribution is -2.15. The van der Waals surface area contributed by atoms with Gasteiger partial charge < -0.3 is 10.4 Å². The standard InChI is InChI=1S/C12H16BrNO2/c1-9-7-10(4-5-11(9)13)8-14-6-2-3-12(15)16/h4-5,7,14H,2-3,6,8H2,1H3,(H,15,16). The van der Waals surface area contributed by atoms with Crippen LogP contribution in [0.15, 0.2) is 22.7 Å². The Morgan fingerprint density at radius 1 is 1.50 bits per heavy atom. The third kappa shape index (κ3) is 4.77. The highest BCUT2D eigenvalue weighted by Crippen LogP contribution is 2.16. The zero-order valence-corrected chi connectivity index (χ0v) is 10.9. The van der Waals surface area contributed by atoms with Crippen molar-refractivity contribution in [2.75, 3.05) is 6.54 Å². The molecule has 0 bridgehead atoms. The summed E-state index contributed by atoms with van der Waals surface area (Å²) in [5, 5.41) is 11.7. The second kappa shape index (κ2) is 6.66. The predicted molar refractivity (Wildman–Crippen MR) is 67.5 cm³/mol. The molecular weight excluding hydrogens is 270 g/mol. The van der Waals surface area contributed by atoms with E-state index in [9.17, 15) is 4.79 Å². The molecule has 88 valence electrons. The SMILES string of the molecule is Cc1cc(CNCCCC(=O)O)ccc1Br. The molecule has 0 aliphatic rings. The van der Waals surface area contributed by atoms with Crippen molar-refractivity contribution in [3.63, 3.8) is 0 Å². The van der Waals surface area contributed by atoms with Crippen molar-refractivity contribution in [2.24, 2.45) is 0 Å². The van der Waals surface area contributed by atoms with Gasteiger partial charge in [0.1, 0.15) is 0 Å². The Kier molecular flexibility index (Phi) is 5.49. The largest absolute Gasteiger partial charge is 0.481 e. The molecule has 0 saturated carbocycles. The van der Waals surface area contributed by atoms with Gasteiger partial charge in [0, 0.05) is 17.4 Å². The number of hydrogen-bond donors (Lipinski definition) is 2. The van der Waals surface area contributed by atoms with E-state index >= 15 is 0 Å². The van der Waals surface area contributed by atoms with E-state index in [0.29, 0.717) is 6.42 Å². The Hall–Kier alpha value is -0.870. The third-order valence-corrected chi connectivity index (χ3v) is 3.19. The number of carbonyl (C=O) groups is 1. The maximum atomic E-state index is 10.3. The van der Waals surface area contributed by atoms with Crippen LogP contribution >= 0.6 is 15.9 Å². The molecule has 0 saturated heterocycles. The van der Waals surface area contributed by atoms with E-state index in [4.69, 9.17) is 5.11 Å². The van der Waals surface area contributed by atoms with Crippen LogP contribution in [0.25, 0.3) is 0 Å². The van der Waals surface area contributed by atoms with E-state index in [0.717, 1.165) is 17.6 Å². The lowest BCUT2D eigenvalue weighted by molar-refractivity contribution is -0.137. The molecule has 16 heavy (non-hydrogen) atoms. The molecule has 1 aromatic rings. The molecule has 0 aliphatic carbocycles. The Balaban J connectivity index is 2.27. The smallest absolute Gasteiger partial charge is 0.303 e. The van der Waals surface area contributed by atoms with Gasteiger partial charge in [-0.05, 0) is 37.1 Å². The minimum atomic E-state index is -0.735. The van der Waals surface area contributed by atoms with Gasteiger partial charge in [-0.25, -0.2) is 0 Å². The number of rotatable bonds is 6. The summed E-state index contributed by atoms with van der Waals surface area (Å²) in [7, 11) is 0. The van der Waals surface area contributed by atoms with Gasteiger partial charge in [-0.1, -0.05) is 28.1 Å². The number of carboxylic acid groups (broad SMARTS) is 1. The first kappa shape index (κ1) is 13.2. The molecule has 0 unspecified atom stereocenters. The zero-order valence-electron chi connectivity index (χ0n) is 9.29. The van der Waals surface area contributed by atoms with Gasteiger partial charge in [0.2, 0.25) is 0 Å². The molecule has 3 nitrogen and oxygen atoms in total. The van der Waals surface area contributed by atoms with Crippen molar-refractivity contribution in [2.45, 2.75) is 26.3 Å². The topological polar surface area (TPSA) is 49.3 Å². The highest BCUT2D eigenvalue weighted by Gasteiger charge is 1.98. The van der Waals surface area contributed by atoms with E-state index in [-0.39, 0.29) is 6.42 Å². The number of nitrogens with one attached hydrogen (secondary N) is 1. The van der Waals surface area contributed by atoms with Crippen LogP contribution in [-0.2, 0) is 11.3 Å². The first-order valence-corrected chi connectivity index (χ1v) is 6.06. The van der Waals surface area contributed by atoms with E-state index in [1.165, 1.54) is 11.1 Å². The van der Waals surface area contributed by atoms with Crippen molar-refractivity contribution >= 4 is 21.9 Å². The Labute approximate surface area is 104 Å². The molecule has 0 radical (unpaired) electrons. The summed E-state index contributed by atoms with van der Waals surface area (Å²) in [5.41, 5.74) is 2.43. The van der Waals surface area contributed by atoms with Crippen LogP contribution in [0, 0.1) is 6.92 Å². The summed E-state index contributed by atoms with van der Waals surface area (Å²) in [4.78, 5) is 10.3. The van der Waals surface area contributed by atoms with Crippen LogP contribution in [0.5, 0.6) is 0 Å². The maximum absolute atomic E-state index is 10.3. The number of halogens is 1. The average Bonchev–Trinajstić information content (AvgIpc) is 2.22. The molecule has 2 N–H and O–H groups in total. The van der Waals surface area contributed by atoms with Crippen LogP contribution in [0.1, 0.15) is 24.0 Å². The molecule has 1 aromatic carbocycles. The summed E-state index contributed by atoms with van der Waals surface area (Å²) < 4.78 is 1.11. The Morgan fingerprint density at radius 2 is 2.25 bits per heavy atom. The molecule has 0 amide bonds. The molecular formula is C12H16BrNO2. The quantitative estimate of drug-likeness (QED) is 0.790. The lowest BCUT2D eigenvalue weighted by atomic mass is 10.1. The minimum absolute atomic E-state index is 0.229. The van der Waals surface area contributed by atoms with Gasteiger partial charge in [0.15, 0.2) is 0 Å². The van der Waals surface area contributed by atoms with Crippen LogP contribution in [0.4, 0.5) is 0 Å². The van der Waals surface area contributed by atoms with Crippen molar-refractivity contribution < 1.29 is 9.90 Å². The maximum Gasteiger partial charge on any atom is 0.303 e. The van der Waals surface area contributed by atoms with Gasteiger partial charge in [-0.15, -0.1) is 0 Å². The number of benzene rings is 1. The van der Waals surface area contributed by atoms with Crippen LogP contribution in [0.3, 0.4) is 0 Å². The van der Waals surface area contributed by atoms with Gasteiger partial charge in [0.25, 0.3) is 0 Å². The minimum Gasteiger partial charge on any atom is -0.481 e. The molecule has 0 aromatic heterocycles. The fourth-order valence-corrected chi connectivity index (χ4v) is 1.66. The molecule has 0 heterocycles. The number of carboxylic acids is 1. The van der Waals surface area contributed by atoms with Crippen molar-refractivity contribution in [3.8, 4) is 0 Å². The van der Waals surface area contributed by atoms with Gasteiger partial charge in [-0.3, -0.25) is 4.79 Å². The van der Waals surface area contributed by atoms with Crippen molar-refractivity contribution in [1.82, 2.24) is 5.32 Å². The molecule has 1 rings (SSSR count). The van der Waals surface area contributed by atoms with E-state index in [2.05, 4.69) is 40.3 Å². The first-order chi connectivity index (χ1) is 7.59. The number of aliphatic carboxylic acids is 1. The van der Waals surface area contributed by atoms with E-state index in [1.54, 1.807) is 0 Å². The molecule has 4 heteroatoms. The first-order valence-electron chi connectivity index (χ1n) is 5.27. The summed E-state index contributed by atoms with van der Waals surface area (Å²) >= 11 is 3.45. The average molecular weight is 286 g/mol. The van der Waals surface area contributed by atoms with Gasteiger partial charge >= 0.3 is 5.97 Å². The zero-order chi connectivity index (χ0) is 12.0. The monoisotopic (exact) mass is 285 g/mol. The van der Waals surface area contributed by atoms with Crippen LogP contribution in [-0.4, -0.2) is 17.6 Å². The van der Waals surface area contributed by atoms with Crippen molar-refractivity contribution in [3.05, 3.63) is 33.8 Å². The molecule has 0 atom stereocenters. The second-order valence-corrected chi connectivity index (χ2v) is 4.61. The second-order valence-electron chi connectivity index (χ2n) is 3.76. The lowest BCUT2D eigenvalue weighted by Gasteiger charge is -2.06. The molecule has 0 aliphatic heterocycles. The summed E-state index contributed by atoms with van der Waals surface area (Å²) in [6, 6.07) is 6.21.